The van der Waals surface area contributed by atoms with E-state index in [1.54, 1.807) is 24.8 Å². The Hall–Kier alpha value is -6.61. The van der Waals surface area contributed by atoms with Gasteiger partial charge in [-0.3, -0.25) is 19.1 Å². The summed E-state index contributed by atoms with van der Waals surface area (Å²) in [6, 6.07) is 34.6. The van der Waals surface area contributed by atoms with Crippen LogP contribution in [-0.2, 0) is 0 Å². The average molecular weight is 592 g/mol. The van der Waals surface area contributed by atoms with Crippen LogP contribution in [0.2, 0.25) is 0 Å². The topological polar surface area (TPSA) is 100 Å². The summed E-state index contributed by atoms with van der Waals surface area (Å²) in [6.07, 6.45) is 7.18. The van der Waals surface area contributed by atoms with E-state index in [1.165, 1.54) is 0 Å². The van der Waals surface area contributed by atoms with Crippen molar-refractivity contribution in [2.24, 2.45) is 0 Å². The molecule has 7 heterocycles. The first-order valence-electron chi connectivity index (χ1n) is 14.9. The molecule has 0 atom stereocenters. The summed E-state index contributed by atoms with van der Waals surface area (Å²) in [4.78, 5) is 34.5. The van der Waals surface area contributed by atoms with Crippen molar-refractivity contribution in [3.05, 3.63) is 128 Å². The zero-order valence-corrected chi connectivity index (χ0v) is 24.1. The third-order valence-corrected chi connectivity index (χ3v) is 8.60. The Morgan fingerprint density at radius 1 is 0.391 bits per heavy atom. The molecule has 0 radical (unpaired) electrons. The van der Waals surface area contributed by atoms with Gasteiger partial charge in [0.25, 0.3) is 0 Å². The molecular weight excluding hydrogens is 570 g/mol. The molecule has 10 aromatic rings. The molecule has 214 valence electrons. The van der Waals surface area contributed by atoms with Gasteiger partial charge in [0.05, 0.1) is 22.1 Å². The number of pyridine rings is 4. The molecule has 0 unspecified atom stereocenters. The van der Waals surface area contributed by atoms with Crippen molar-refractivity contribution in [1.29, 1.82) is 0 Å². The van der Waals surface area contributed by atoms with Gasteiger partial charge in [-0.1, -0.05) is 54.6 Å². The summed E-state index contributed by atoms with van der Waals surface area (Å²) < 4.78 is 4.03. The van der Waals surface area contributed by atoms with Crippen molar-refractivity contribution in [2.75, 3.05) is 0 Å². The zero-order valence-electron chi connectivity index (χ0n) is 24.1. The Morgan fingerprint density at radius 3 is 1.63 bits per heavy atom. The number of fused-ring (bicyclic) bond motifs is 9. The van der Waals surface area contributed by atoms with Crippen LogP contribution < -0.4 is 0 Å². The minimum atomic E-state index is 0.454. The molecule has 0 aliphatic carbocycles. The summed E-state index contributed by atoms with van der Waals surface area (Å²) in [7, 11) is 0. The summed E-state index contributed by atoms with van der Waals surface area (Å²) in [5, 5.41) is 6.10. The van der Waals surface area contributed by atoms with E-state index in [2.05, 4.69) is 53.5 Å². The number of nitrogens with zero attached hydrogens (tertiary/aromatic N) is 9. The minimum Gasteiger partial charge on any atom is -0.262 e. The number of benzene rings is 3. The van der Waals surface area contributed by atoms with Crippen LogP contribution in [0.25, 0.3) is 89.0 Å². The van der Waals surface area contributed by atoms with Gasteiger partial charge >= 0.3 is 0 Å². The molecule has 0 amide bonds. The molecule has 0 saturated heterocycles. The van der Waals surface area contributed by atoms with E-state index in [9.17, 15) is 0 Å². The molecule has 9 nitrogen and oxygen atoms in total. The third kappa shape index (κ3) is 3.47. The highest BCUT2D eigenvalue weighted by Crippen LogP contribution is 2.35. The van der Waals surface area contributed by atoms with Crippen LogP contribution in [-0.4, -0.2) is 44.0 Å². The molecule has 3 aromatic carbocycles. The summed E-state index contributed by atoms with van der Waals surface area (Å²) in [5.74, 6) is 1.41. The molecule has 0 spiro atoms. The van der Waals surface area contributed by atoms with Crippen LogP contribution in [0.5, 0.6) is 0 Å². The van der Waals surface area contributed by atoms with Gasteiger partial charge in [-0.25, -0.2) is 9.97 Å². The Balaban J connectivity index is 1.35. The fourth-order valence-corrected chi connectivity index (χ4v) is 6.62. The van der Waals surface area contributed by atoms with Gasteiger partial charge in [0.1, 0.15) is 11.3 Å². The van der Waals surface area contributed by atoms with Gasteiger partial charge in [-0.05, 0) is 48.5 Å². The van der Waals surface area contributed by atoms with Crippen LogP contribution >= 0.6 is 0 Å². The highest BCUT2D eigenvalue weighted by Gasteiger charge is 2.22. The normalized spacial score (nSPS) is 11.9. The number of para-hydroxylation sites is 2. The molecule has 0 aliphatic rings. The Bertz CT molecular complexity index is 2590. The second kappa shape index (κ2) is 9.44. The zero-order chi connectivity index (χ0) is 30.2. The standard InChI is InChI=1S/C37H21N9/c1-3-13-29-23(9-1)27-11-6-19-40-34(27)45(29)36-42-33(26-17-21-39-32-25(26)16-15-22-8-5-18-38-31(22)32)43-37(44-36)46-30-14-4-2-10-24(30)28-12-7-20-41-35(28)46/h1-21H. The maximum atomic E-state index is 5.17. The first-order chi connectivity index (χ1) is 22.8. The van der Waals surface area contributed by atoms with E-state index < -0.39 is 0 Å². The summed E-state index contributed by atoms with van der Waals surface area (Å²) in [5.41, 5.74) is 5.88. The van der Waals surface area contributed by atoms with Gasteiger partial charge in [0.15, 0.2) is 5.82 Å². The molecule has 10 rings (SSSR count). The van der Waals surface area contributed by atoms with Gasteiger partial charge in [0.2, 0.25) is 11.9 Å². The maximum Gasteiger partial charge on any atom is 0.241 e. The molecule has 46 heavy (non-hydrogen) atoms. The molecule has 0 saturated carbocycles. The van der Waals surface area contributed by atoms with Crippen LogP contribution in [0.1, 0.15) is 0 Å². The summed E-state index contributed by atoms with van der Waals surface area (Å²) >= 11 is 0. The number of hydrogen-bond acceptors (Lipinski definition) is 7. The largest absolute Gasteiger partial charge is 0.262 e. The SMILES string of the molecule is c1cnc2c(c1)ccc1c(-c3nc(-n4c5ccccc5c5cccnc54)nc(-n4c5ccccc5c5cccnc54)n3)ccnc12. The molecule has 9 heteroatoms. The van der Waals surface area contributed by atoms with E-state index >= 15 is 0 Å². The third-order valence-electron chi connectivity index (χ3n) is 8.60. The van der Waals surface area contributed by atoms with Crippen LogP contribution in [0.3, 0.4) is 0 Å². The van der Waals surface area contributed by atoms with Crippen molar-refractivity contribution < 1.29 is 0 Å². The number of aromatic nitrogens is 9. The molecule has 0 bridgehead atoms. The smallest absolute Gasteiger partial charge is 0.241 e. The first kappa shape index (κ1) is 24.8. The van der Waals surface area contributed by atoms with E-state index in [4.69, 9.17) is 29.9 Å². The average Bonchev–Trinajstić information content (AvgIpc) is 3.64. The lowest BCUT2D eigenvalue weighted by molar-refractivity contribution is 0.884. The lowest BCUT2D eigenvalue weighted by Gasteiger charge is -2.13. The fraction of sp³-hybridized carbons (Fsp3) is 0. The van der Waals surface area contributed by atoms with Crippen molar-refractivity contribution in [3.63, 3.8) is 0 Å². The highest BCUT2D eigenvalue weighted by atomic mass is 15.3. The van der Waals surface area contributed by atoms with E-state index in [0.29, 0.717) is 17.7 Å². The second-order valence-electron chi connectivity index (χ2n) is 11.1. The number of rotatable bonds is 3. The van der Waals surface area contributed by atoms with Gasteiger partial charge < -0.3 is 0 Å². The van der Waals surface area contributed by atoms with E-state index in [1.807, 2.05) is 63.7 Å². The van der Waals surface area contributed by atoms with E-state index in [-0.39, 0.29) is 0 Å². The Morgan fingerprint density at radius 2 is 0.957 bits per heavy atom. The predicted octanol–water partition coefficient (Wildman–Crippen LogP) is 7.62. The fourth-order valence-electron chi connectivity index (χ4n) is 6.62. The Kier molecular flexibility index (Phi) is 5.09. The van der Waals surface area contributed by atoms with Crippen molar-refractivity contribution in [3.8, 4) is 23.3 Å². The van der Waals surface area contributed by atoms with Crippen molar-refractivity contribution in [2.45, 2.75) is 0 Å². The lowest BCUT2D eigenvalue weighted by Crippen LogP contribution is -2.11. The van der Waals surface area contributed by atoms with Crippen LogP contribution in [0, 0.1) is 0 Å². The quantitative estimate of drug-likeness (QED) is 0.195. The monoisotopic (exact) mass is 591 g/mol. The van der Waals surface area contributed by atoms with Crippen LogP contribution in [0.4, 0.5) is 0 Å². The number of hydrogen-bond donors (Lipinski definition) is 0. The van der Waals surface area contributed by atoms with Crippen LogP contribution in [0.15, 0.2) is 128 Å². The van der Waals surface area contributed by atoms with E-state index in [0.717, 1.165) is 71.2 Å². The minimum absolute atomic E-state index is 0.454. The lowest BCUT2D eigenvalue weighted by atomic mass is 10.1. The van der Waals surface area contributed by atoms with Crippen molar-refractivity contribution in [1.82, 2.24) is 44.0 Å². The van der Waals surface area contributed by atoms with Gasteiger partial charge in [0, 0.05) is 62.7 Å². The van der Waals surface area contributed by atoms with Gasteiger partial charge in [-0.15, -0.1) is 0 Å². The highest BCUT2D eigenvalue weighted by molar-refractivity contribution is 6.09. The molecule has 7 aromatic heterocycles. The van der Waals surface area contributed by atoms with Crippen molar-refractivity contribution >= 4 is 65.7 Å². The summed E-state index contributed by atoms with van der Waals surface area (Å²) in [6.45, 7) is 0. The Labute approximate surface area is 260 Å². The first-order valence-corrected chi connectivity index (χ1v) is 14.9. The second-order valence-corrected chi connectivity index (χ2v) is 11.1. The predicted molar refractivity (Wildman–Crippen MR) is 180 cm³/mol. The molecule has 0 aliphatic heterocycles. The van der Waals surface area contributed by atoms with Gasteiger partial charge in [-0.2, -0.15) is 15.0 Å². The molecular formula is C37H21N9. The molecule has 0 fully saturated rings. The maximum absolute atomic E-state index is 5.17. The molecule has 0 N–H and O–H groups in total.